The van der Waals surface area contributed by atoms with Crippen molar-refractivity contribution in [2.24, 2.45) is 0 Å². The van der Waals surface area contributed by atoms with Gasteiger partial charge >= 0.3 is 6.18 Å². The van der Waals surface area contributed by atoms with Crippen LogP contribution in [0, 0.1) is 11.3 Å². The lowest BCUT2D eigenvalue weighted by atomic mass is 10.1. The third-order valence-electron chi connectivity index (χ3n) is 4.58. The fourth-order valence-electron chi connectivity index (χ4n) is 3.24. The molecule has 1 aliphatic rings. The van der Waals surface area contributed by atoms with E-state index in [1.54, 1.807) is 42.2 Å². The summed E-state index contributed by atoms with van der Waals surface area (Å²) in [5.74, 6) is 0.492. The van der Waals surface area contributed by atoms with Crippen molar-refractivity contribution in [2.75, 3.05) is 29.0 Å². The zero-order valence-corrected chi connectivity index (χ0v) is 17.5. The first-order valence-corrected chi connectivity index (χ1v) is 11.1. The number of nitrogens with zero attached hydrogens (tertiary/aromatic N) is 2. The second kappa shape index (κ2) is 8.64. The lowest BCUT2D eigenvalue weighted by Gasteiger charge is -2.23. The predicted molar refractivity (Wildman–Crippen MR) is 108 cm³/mol. The van der Waals surface area contributed by atoms with Gasteiger partial charge in [-0.3, -0.25) is 4.72 Å². The molecule has 1 heterocycles. The highest BCUT2D eigenvalue weighted by molar-refractivity contribution is 7.92. The summed E-state index contributed by atoms with van der Waals surface area (Å²) >= 11 is 0. The van der Waals surface area contributed by atoms with Crippen LogP contribution in [0.3, 0.4) is 0 Å². The quantitative estimate of drug-likeness (QED) is 0.716. The highest BCUT2D eigenvalue weighted by Gasteiger charge is 2.36. The number of nitriles is 1. The van der Waals surface area contributed by atoms with Crippen LogP contribution in [0.1, 0.15) is 18.1 Å². The number of rotatable bonds is 6. The summed E-state index contributed by atoms with van der Waals surface area (Å²) in [4.78, 5) is 1.67. The molecule has 2 atom stereocenters. The first-order valence-electron chi connectivity index (χ1n) is 9.20. The van der Waals surface area contributed by atoms with Gasteiger partial charge in [-0.1, -0.05) is 0 Å². The van der Waals surface area contributed by atoms with Crippen LogP contribution in [0.5, 0.6) is 5.75 Å². The van der Waals surface area contributed by atoms with Gasteiger partial charge in [-0.05, 0) is 49.4 Å². The van der Waals surface area contributed by atoms with Crippen molar-refractivity contribution in [3.05, 3.63) is 53.6 Å². The minimum absolute atomic E-state index is 0.155. The molecule has 0 saturated carbocycles. The number of benzene rings is 2. The topological polar surface area (TPSA) is 91.7 Å². The Morgan fingerprint density at radius 3 is 2.52 bits per heavy atom. The lowest BCUT2D eigenvalue weighted by Crippen LogP contribution is -2.28. The van der Waals surface area contributed by atoms with Crippen LogP contribution in [0.15, 0.2) is 42.5 Å². The third-order valence-corrected chi connectivity index (χ3v) is 5.19. The average molecular weight is 455 g/mol. The van der Waals surface area contributed by atoms with Gasteiger partial charge in [0.05, 0.1) is 30.0 Å². The van der Waals surface area contributed by atoms with E-state index in [0.29, 0.717) is 23.7 Å². The second-order valence-corrected chi connectivity index (χ2v) is 8.81. The molecule has 166 valence electrons. The van der Waals surface area contributed by atoms with E-state index in [9.17, 15) is 21.6 Å². The van der Waals surface area contributed by atoms with Crippen molar-refractivity contribution < 1.29 is 31.1 Å². The number of ether oxygens (including phenoxy) is 2. The molecule has 0 spiro atoms. The molecule has 2 aromatic carbocycles. The molecule has 0 bridgehead atoms. The van der Waals surface area contributed by atoms with Crippen LogP contribution < -0.4 is 14.4 Å². The summed E-state index contributed by atoms with van der Waals surface area (Å²) in [6.45, 7) is 2.18. The number of hydrogen-bond donors (Lipinski definition) is 1. The lowest BCUT2D eigenvalue weighted by molar-refractivity contribution is -0.137. The molecule has 2 aromatic rings. The zero-order chi connectivity index (χ0) is 22.8. The van der Waals surface area contributed by atoms with Gasteiger partial charge in [0.2, 0.25) is 10.0 Å². The highest BCUT2D eigenvalue weighted by atomic mass is 32.2. The molecule has 1 fully saturated rings. The Hall–Kier alpha value is -2.97. The van der Waals surface area contributed by atoms with Gasteiger partial charge in [-0.25, -0.2) is 8.42 Å². The molecule has 0 aliphatic carbocycles. The molecule has 0 radical (unpaired) electrons. The maximum Gasteiger partial charge on any atom is 0.417 e. The summed E-state index contributed by atoms with van der Waals surface area (Å²) in [7, 11) is -3.38. The zero-order valence-electron chi connectivity index (χ0n) is 16.7. The first-order chi connectivity index (χ1) is 14.5. The number of hydrogen-bond acceptors (Lipinski definition) is 6. The minimum Gasteiger partial charge on any atom is -0.491 e. The number of alkyl halides is 3. The molecule has 7 nitrogen and oxygen atoms in total. The smallest absolute Gasteiger partial charge is 0.417 e. The molecule has 1 aliphatic heterocycles. The van der Waals surface area contributed by atoms with E-state index in [1.165, 1.54) is 6.07 Å². The van der Waals surface area contributed by atoms with E-state index in [-0.39, 0.29) is 6.61 Å². The van der Waals surface area contributed by atoms with Crippen molar-refractivity contribution in [2.45, 2.75) is 25.4 Å². The van der Waals surface area contributed by atoms with Gasteiger partial charge in [0.25, 0.3) is 0 Å². The van der Waals surface area contributed by atoms with Crippen molar-refractivity contribution in [3.63, 3.8) is 0 Å². The summed E-state index contributed by atoms with van der Waals surface area (Å²) in [6, 6.07) is 11.4. The molecule has 1 N–H and O–H groups in total. The molecular formula is C20H20F3N3O4S. The SMILES string of the molecule is C[C@H]1O[C@H](COc2ccc(NS(C)(=O)=O)cc2)CN1c1ccc(C#N)c(C(F)(F)F)c1. The first kappa shape index (κ1) is 22.7. The second-order valence-electron chi connectivity index (χ2n) is 7.06. The minimum atomic E-state index is -4.63. The van der Waals surface area contributed by atoms with Gasteiger partial charge in [0.15, 0.2) is 0 Å². The van der Waals surface area contributed by atoms with Crippen molar-refractivity contribution in [1.82, 2.24) is 0 Å². The van der Waals surface area contributed by atoms with Crippen LogP contribution in [0.25, 0.3) is 0 Å². The molecule has 31 heavy (non-hydrogen) atoms. The van der Waals surface area contributed by atoms with Crippen molar-refractivity contribution >= 4 is 21.4 Å². The summed E-state index contributed by atoms with van der Waals surface area (Å²) < 4.78 is 76.0. The van der Waals surface area contributed by atoms with E-state index in [4.69, 9.17) is 14.7 Å². The fraction of sp³-hybridized carbons (Fsp3) is 0.350. The predicted octanol–water partition coefficient (Wildman–Crippen LogP) is 3.58. The molecule has 0 unspecified atom stereocenters. The number of anilines is 2. The van der Waals surface area contributed by atoms with Crippen molar-refractivity contribution in [1.29, 1.82) is 5.26 Å². The maximum absolute atomic E-state index is 13.2. The number of sulfonamides is 1. The van der Waals surface area contributed by atoms with Crippen LogP contribution in [-0.2, 0) is 20.9 Å². The Kier molecular flexibility index (Phi) is 6.33. The maximum atomic E-state index is 13.2. The Morgan fingerprint density at radius 2 is 1.94 bits per heavy atom. The highest BCUT2D eigenvalue weighted by Crippen LogP contribution is 2.36. The Bertz CT molecular complexity index is 1080. The monoisotopic (exact) mass is 455 g/mol. The van der Waals surface area contributed by atoms with E-state index in [2.05, 4.69) is 4.72 Å². The summed E-state index contributed by atoms with van der Waals surface area (Å²) in [6.07, 6.45) is -4.46. The normalized spacial score (nSPS) is 19.2. The van der Waals surface area contributed by atoms with Gasteiger partial charge in [-0.15, -0.1) is 0 Å². The van der Waals surface area contributed by atoms with Crippen LogP contribution >= 0.6 is 0 Å². The van der Waals surface area contributed by atoms with Gasteiger partial charge < -0.3 is 14.4 Å². The Balaban J connectivity index is 1.64. The molecule has 1 saturated heterocycles. The number of halogens is 3. The molecular weight excluding hydrogens is 435 g/mol. The molecule has 0 aromatic heterocycles. The Labute approximate surface area is 178 Å². The average Bonchev–Trinajstić information content (AvgIpc) is 3.05. The summed E-state index contributed by atoms with van der Waals surface area (Å²) in [5.41, 5.74) is -0.717. The van der Waals surface area contributed by atoms with Gasteiger partial charge in [-0.2, -0.15) is 18.4 Å². The van der Waals surface area contributed by atoms with Gasteiger partial charge in [0, 0.05) is 11.4 Å². The Morgan fingerprint density at radius 1 is 1.26 bits per heavy atom. The molecule has 11 heteroatoms. The fourth-order valence-corrected chi connectivity index (χ4v) is 3.80. The van der Waals surface area contributed by atoms with E-state index < -0.39 is 39.7 Å². The summed E-state index contributed by atoms with van der Waals surface area (Å²) in [5, 5.41) is 8.94. The van der Waals surface area contributed by atoms with Crippen LogP contribution in [0.4, 0.5) is 24.5 Å². The van der Waals surface area contributed by atoms with Gasteiger partial charge in [0.1, 0.15) is 24.7 Å². The standard InChI is InChI=1S/C20H20F3N3O4S/c1-13-26(16-6-3-14(10-24)19(9-16)20(21,22)23)11-18(30-13)12-29-17-7-4-15(5-8-17)25-31(2,27)28/h3-9,13,18,25H,11-12H2,1-2H3/t13-,18+/m1/s1. The number of nitrogens with one attached hydrogen (secondary N) is 1. The van der Waals surface area contributed by atoms with Crippen LogP contribution in [-0.4, -0.2) is 40.2 Å². The van der Waals surface area contributed by atoms with Crippen LogP contribution in [0.2, 0.25) is 0 Å². The van der Waals surface area contributed by atoms with E-state index >= 15 is 0 Å². The molecule has 0 amide bonds. The third kappa shape index (κ3) is 5.80. The van der Waals surface area contributed by atoms with E-state index in [0.717, 1.165) is 18.4 Å². The van der Waals surface area contributed by atoms with Crippen molar-refractivity contribution in [3.8, 4) is 11.8 Å². The van der Waals surface area contributed by atoms with E-state index in [1.807, 2.05) is 0 Å². The largest absolute Gasteiger partial charge is 0.491 e. The molecule has 3 rings (SSSR count).